The number of nitrogens with zero attached hydrogens (tertiary/aromatic N) is 4. The van der Waals surface area contributed by atoms with Crippen molar-refractivity contribution in [3.05, 3.63) is 47.5 Å². The third kappa shape index (κ3) is 3.62. The van der Waals surface area contributed by atoms with Gasteiger partial charge in [0.05, 0.1) is 6.26 Å². The summed E-state index contributed by atoms with van der Waals surface area (Å²) >= 11 is 1.36. The molecule has 3 aromatic heterocycles. The molecule has 0 atom stereocenters. The van der Waals surface area contributed by atoms with Gasteiger partial charge in [0.1, 0.15) is 9.90 Å². The Morgan fingerprint density at radius 3 is 2.48 bits per heavy atom. The second kappa shape index (κ2) is 7.41. The first kappa shape index (κ1) is 18.1. The van der Waals surface area contributed by atoms with Crippen molar-refractivity contribution >= 4 is 27.2 Å². The highest BCUT2D eigenvalue weighted by atomic mass is 32.2. The van der Waals surface area contributed by atoms with Crippen molar-refractivity contribution in [3.63, 3.8) is 0 Å². The predicted molar refractivity (Wildman–Crippen MR) is 104 cm³/mol. The fourth-order valence-electron chi connectivity index (χ4n) is 3.02. The molecule has 4 heterocycles. The number of sulfonamides is 1. The van der Waals surface area contributed by atoms with E-state index in [0.717, 1.165) is 17.1 Å². The molecule has 0 unspecified atom stereocenters. The van der Waals surface area contributed by atoms with Gasteiger partial charge in [0.15, 0.2) is 11.6 Å². The molecule has 0 bridgehead atoms. The zero-order chi connectivity index (χ0) is 18.9. The highest BCUT2D eigenvalue weighted by Crippen LogP contribution is 2.27. The molecule has 4 rings (SSSR count). The lowest BCUT2D eigenvalue weighted by Crippen LogP contribution is -2.48. The monoisotopic (exact) mass is 404 g/mol. The normalized spacial score (nSPS) is 16.0. The number of aromatic nitrogens is 2. The number of hydrogen-bond donors (Lipinski definition) is 0. The summed E-state index contributed by atoms with van der Waals surface area (Å²) in [5.41, 5.74) is 0.675. The van der Waals surface area contributed by atoms with Crippen LogP contribution in [0.5, 0.6) is 0 Å². The minimum Gasteiger partial charge on any atom is -0.463 e. The van der Waals surface area contributed by atoms with Crippen molar-refractivity contribution in [3.8, 4) is 11.5 Å². The van der Waals surface area contributed by atoms with E-state index < -0.39 is 10.0 Å². The number of thiophene rings is 1. The van der Waals surface area contributed by atoms with Crippen LogP contribution in [-0.2, 0) is 16.4 Å². The lowest BCUT2D eigenvalue weighted by Gasteiger charge is -2.34. The minimum atomic E-state index is -3.42. The van der Waals surface area contributed by atoms with E-state index in [0.29, 0.717) is 41.8 Å². The van der Waals surface area contributed by atoms with Gasteiger partial charge in [-0.15, -0.1) is 21.5 Å². The lowest BCUT2D eigenvalue weighted by atomic mass is 10.3. The predicted octanol–water partition coefficient (Wildman–Crippen LogP) is 2.87. The van der Waals surface area contributed by atoms with E-state index in [1.54, 1.807) is 16.6 Å². The topological polar surface area (TPSA) is 79.5 Å². The van der Waals surface area contributed by atoms with E-state index in [9.17, 15) is 8.42 Å². The van der Waals surface area contributed by atoms with Crippen LogP contribution in [0.1, 0.15) is 11.8 Å². The third-order valence-corrected chi connectivity index (χ3v) is 8.16. The lowest BCUT2D eigenvalue weighted by molar-refractivity contribution is 0.384. The van der Waals surface area contributed by atoms with E-state index in [1.165, 1.54) is 11.3 Å². The average Bonchev–Trinajstić information content (AvgIpc) is 3.40. The van der Waals surface area contributed by atoms with Crippen LogP contribution in [-0.4, -0.2) is 49.1 Å². The van der Waals surface area contributed by atoms with Gasteiger partial charge in [-0.25, -0.2) is 8.42 Å². The zero-order valence-corrected chi connectivity index (χ0v) is 16.5. The third-order valence-electron chi connectivity index (χ3n) is 4.57. The van der Waals surface area contributed by atoms with Gasteiger partial charge in [0.2, 0.25) is 0 Å². The quantitative estimate of drug-likeness (QED) is 0.651. The van der Waals surface area contributed by atoms with E-state index >= 15 is 0 Å². The smallest absolute Gasteiger partial charge is 0.252 e. The van der Waals surface area contributed by atoms with Crippen molar-refractivity contribution in [2.24, 2.45) is 0 Å². The summed E-state index contributed by atoms with van der Waals surface area (Å²) in [5.74, 6) is 1.42. The second-order valence-electron chi connectivity index (χ2n) is 6.22. The van der Waals surface area contributed by atoms with Crippen molar-refractivity contribution in [2.75, 3.05) is 31.1 Å². The summed E-state index contributed by atoms with van der Waals surface area (Å²) < 4.78 is 32.9. The summed E-state index contributed by atoms with van der Waals surface area (Å²) in [6.07, 6.45) is 2.45. The van der Waals surface area contributed by atoms with E-state index in [4.69, 9.17) is 4.42 Å². The van der Waals surface area contributed by atoms with Gasteiger partial charge in [-0.2, -0.15) is 4.31 Å². The summed E-state index contributed by atoms with van der Waals surface area (Å²) in [6, 6.07) is 11.0. The van der Waals surface area contributed by atoms with Crippen molar-refractivity contribution in [1.29, 1.82) is 0 Å². The maximum absolute atomic E-state index is 12.8. The maximum Gasteiger partial charge on any atom is 0.252 e. The Labute approximate surface area is 162 Å². The van der Waals surface area contributed by atoms with Crippen LogP contribution in [0.25, 0.3) is 11.5 Å². The zero-order valence-electron chi connectivity index (χ0n) is 14.9. The van der Waals surface area contributed by atoms with E-state index in [-0.39, 0.29) is 0 Å². The first-order valence-electron chi connectivity index (χ1n) is 8.79. The number of hydrogen-bond acceptors (Lipinski definition) is 7. The average molecular weight is 405 g/mol. The standard InChI is InChI=1S/C18H20N4O3S2/c1-2-14-5-8-18(26-14)27(23,24)22-11-9-21(10-12-22)17-7-6-15(19-20-17)16-4-3-13-25-16/h3-8,13H,2,9-12H2,1H3. The molecule has 1 fully saturated rings. The SMILES string of the molecule is CCc1ccc(S(=O)(=O)N2CCN(c3ccc(-c4ccco4)nn3)CC2)s1. The van der Waals surface area contributed by atoms with Gasteiger partial charge >= 0.3 is 0 Å². The van der Waals surface area contributed by atoms with Crippen LogP contribution in [0.3, 0.4) is 0 Å². The fourth-order valence-corrected chi connectivity index (χ4v) is 5.89. The van der Waals surface area contributed by atoms with Crippen molar-refractivity contribution < 1.29 is 12.8 Å². The molecular weight excluding hydrogens is 384 g/mol. The number of aryl methyl sites for hydroxylation is 1. The molecule has 1 aliphatic heterocycles. The Morgan fingerprint density at radius 1 is 1.07 bits per heavy atom. The molecule has 0 aliphatic carbocycles. The largest absolute Gasteiger partial charge is 0.463 e. The maximum atomic E-state index is 12.8. The first-order valence-corrected chi connectivity index (χ1v) is 11.0. The Morgan fingerprint density at radius 2 is 1.89 bits per heavy atom. The van der Waals surface area contributed by atoms with Gasteiger partial charge in [0, 0.05) is 31.1 Å². The number of furan rings is 1. The molecule has 142 valence electrons. The first-order chi connectivity index (χ1) is 13.1. The number of anilines is 1. The van der Waals surface area contributed by atoms with E-state index in [2.05, 4.69) is 15.1 Å². The Balaban J connectivity index is 1.42. The van der Waals surface area contributed by atoms with Gasteiger partial charge < -0.3 is 9.32 Å². The Kier molecular flexibility index (Phi) is 4.98. The molecule has 0 N–H and O–H groups in total. The highest BCUT2D eigenvalue weighted by molar-refractivity contribution is 7.91. The molecule has 27 heavy (non-hydrogen) atoms. The molecule has 1 saturated heterocycles. The van der Waals surface area contributed by atoms with Gasteiger partial charge in [-0.1, -0.05) is 6.92 Å². The number of piperazine rings is 1. The van der Waals surface area contributed by atoms with E-state index in [1.807, 2.05) is 37.3 Å². The summed E-state index contributed by atoms with van der Waals surface area (Å²) in [4.78, 5) is 3.13. The molecular formula is C18H20N4O3S2. The molecule has 0 amide bonds. The molecule has 0 saturated carbocycles. The van der Waals surface area contributed by atoms with Gasteiger partial charge in [-0.05, 0) is 42.8 Å². The molecule has 9 heteroatoms. The van der Waals surface area contributed by atoms with Crippen LogP contribution >= 0.6 is 11.3 Å². The minimum absolute atomic E-state index is 0.426. The summed E-state index contributed by atoms with van der Waals surface area (Å²) in [6.45, 7) is 4.06. The molecule has 0 aromatic carbocycles. The molecule has 7 nitrogen and oxygen atoms in total. The molecule has 0 radical (unpaired) electrons. The van der Waals surface area contributed by atoms with Crippen LogP contribution in [0.2, 0.25) is 0 Å². The van der Waals surface area contributed by atoms with Crippen LogP contribution in [0.4, 0.5) is 5.82 Å². The van der Waals surface area contributed by atoms with Gasteiger partial charge in [0.25, 0.3) is 10.0 Å². The van der Waals surface area contributed by atoms with Crippen molar-refractivity contribution in [1.82, 2.24) is 14.5 Å². The van der Waals surface area contributed by atoms with Crippen molar-refractivity contribution in [2.45, 2.75) is 17.6 Å². The van der Waals surface area contributed by atoms with Crippen LogP contribution < -0.4 is 4.90 Å². The summed E-state index contributed by atoms with van der Waals surface area (Å²) in [7, 11) is -3.42. The Bertz CT molecular complexity index is 990. The second-order valence-corrected chi connectivity index (χ2v) is 9.55. The van der Waals surface area contributed by atoms with Crippen LogP contribution in [0, 0.1) is 0 Å². The van der Waals surface area contributed by atoms with Gasteiger partial charge in [-0.3, -0.25) is 0 Å². The molecule has 1 aliphatic rings. The summed E-state index contributed by atoms with van der Waals surface area (Å²) in [5, 5.41) is 8.48. The van der Waals surface area contributed by atoms with Crippen LogP contribution in [0.15, 0.2) is 51.3 Å². The molecule has 3 aromatic rings. The Hall–Kier alpha value is -2.23. The molecule has 0 spiro atoms. The number of rotatable bonds is 5. The highest BCUT2D eigenvalue weighted by Gasteiger charge is 2.30. The fraction of sp³-hybridized carbons (Fsp3) is 0.333.